The predicted octanol–water partition coefficient (Wildman–Crippen LogP) is 0.876. The lowest BCUT2D eigenvalue weighted by Gasteiger charge is -2.41. The van der Waals surface area contributed by atoms with Crippen molar-refractivity contribution in [1.29, 1.82) is 0 Å². The Kier molecular flexibility index (Phi) is 6.03. The van der Waals surface area contributed by atoms with Crippen LogP contribution in [0.2, 0.25) is 0 Å². The molecule has 2 aromatic rings. The fraction of sp³-hybridized carbons (Fsp3) is 0.550. The molecule has 1 saturated heterocycles. The van der Waals surface area contributed by atoms with E-state index < -0.39 is 0 Å². The van der Waals surface area contributed by atoms with Gasteiger partial charge < -0.3 is 29.9 Å². The van der Waals surface area contributed by atoms with Gasteiger partial charge >= 0.3 is 6.03 Å². The van der Waals surface area contributed by atoms with Crippen molar-refractivity contribution >= 4 is 17.9 Å². The molecule has 0 radical (unpaired) electrons. The van der Waals surface area contributed by atoms with Gasteiger partial charge in [-0.05, 0) is 0 Å². The summed E-state index contributed by atoms with van der Waals surface area (Å²) < 4.78 is 11.6. The zero-order valence-corrected chi connectivity index (χ0v) is 18.1. The van der Waals surface area contributed by atoms with Crippen LogP contribution in [-0.2, 0) is 4.74 Å². The summed E-state index contributed by atoms with van der Waals surface area (Å²) in [6.45, 7) is 2.69. The Labute approximate surface area is 181 Å². The van der Waals surface area contributed by atoms with Crippen molar-refractivity contribution in [2.75, 3.05) is 58.1 Å². The van der Waals surface area contributed by atoms with E-state index in [1.807, 2.05) is 7.05 Å². The highest BCUT2D eigenvalue weighted by Gasteiger charge is 2.36. The first-order chi connectivity index (χ1) is 14.9. The molecule has 2 fully saturated rings. The summed E-state index contributed by atoms with van der Waals surface area (Å²) >= 11 is 0. The molecule has 4 rings (SSSR count). The zero-order valence-electron chi connectivity index (χ0n) is 18.1. The van der Waals surface area contributed by atoms with Crippen LogP contribution in [0.25, 0.3) is 11.3 Å². The Morgan fingerprint density at radius 1 is 1.16 bits per heavy atom. The lowest BCUT2D eigenvalue weighted by atomic mass is 9.88. The van der Waals surface area contributed by atoms with Crippen LogP contribution in [0.3, 0.4) is 0 Å². The van der Waals surface area contributed by atoms with Gasteiger partial charge in [0, 0.05) is 77.1 Å². The average molecular weight is 428 g/mol. The summed E-state index contributed by atoms with van der Waals surface area (Å²) in [6, 6.07) is 1.94. The molecule has 11 nitrogen and oxygen atoms in total. The number of urea groups is 1. The van der Waals surface area contributed by atoms with E-state index in [9.17, 15) is 4.79 Å². The summed E-state index contributed by atoms with van der Waals surface area (Å²) in [5, 5.41) is 0. The molecule has 1 aliphatic carbocycles. The van der Waals surface area contributed by atoms with Crippen LogP contribution in [-0.4, -0.2) is 95.4 Å². The smallest absolute Gasteiger partial charge is 0.319 e. The van der Waals surface area contributed by atoms with Crippen molar-refractivity contribution in [2.24, 2.45) is 0 Å². The molecule has 0 aromatic carbocycles. The lowest BCUT2D eigenvalue weighted by Crippen LogP contribution is -2.52. The molecule has 0 unspecified atom stereocenters. The van der Waals surface area contributed by atoms with Crippen LogP contribution >= 0.6 is 0 Å². The molecular weight excluding hydrogens is 400 g/mol. The molecule has 0 atom stereocenters. The lowest BCUT2D eigenvalue weighted by molar-refractivity contribution is 0.0356. The number of nitrogen functional groups attached to an aromatic ring is 1. The summed E-state index contributed by atoms with van der Waals surface area (Å²) in [4.78, 5) is 35.0. The molecule has 166 valence electrons. The molecule has 31 heavy (non-hydrogen) atoms. The number of rotatable bonds is 5. The molecule has 1 saturated carbocycles. The van der Waals surface area contributed by atoms with E-state index in [1.54, 1.807) is 42.4 Å². The van der Waals surface area contributed by atoms with E-state index in [4.69, 9.17) is 20.2 Å². The van der Waals surface area contributed by atoms with Crippen LogP contribution in [0.4, 0.5) is 16.7 Å². The monoisotopic (exact) mass is 428 g/mol. The number of carbonyl (C=O) groups is 1. The first-order valence-electron chi connectivity index (χ1n) is 10.3. The van der Waals surface area contributed by atoms with Gasteiger partial charge in [-0.2, -0.15) is 4.98 Å². The van der Waals surface area contributed by atoms with Gasteiger partial charge in [0.05, 0.1) is 18.9 Å². The number of morpholine rings is 1. The van der Waals surface area contributed by atoms with Gasteiger partial charge in [-0.25, -0.2) is 19.7 Å². The van der Waals surface area contributed by atoms with Crippen molar-refractivity contribution in [3.05, 3.63) is 18.5 Å². The Bertz CT molecular complexity index is 911. The van der Waals surface area contributed by atoms with Gasteiger partial charge in [-0.1, -0.05) is 0 Å². The first-order valence-corrected chi connectivity index (χ1v) is 10.3. The summed E-state index contributed by atoms with van der Waals surface area (Å²) in [7, 11) is 5.33. The number of hydrogen-bond acceptors (Lipinski definition) is 9. The number of carbonyl (C=O) groups excluding carboxylic acids is 1. The maximum atomic E-state index is 12.1. The third-order valence-corrected chi connectivity index (χ3v) is 5.54. The number of aromatic nitrogens is 4. The van der Waals surface area contributed by atoms with E-state index in [0.717, 1.165) is 18.4 Å². The van der Waals surface area contributed by atoms with Gasteiger partial charge in [-0.3, -0.25) is 0 Å². The number of nitrogens with two attached hydrogens (primary N) is 1. The number of nitrogens with zero attached hydrogens (tertiary/aromatic N) is 7. The normalized spacial score (nSPS) is 20.7. The largest absolute Gasteiger partial charge is 0.474 e. The zero-order chi connectivity index (χ0) is 22.0. The molecule has 2 amide bonds. The molecule has 0 bridgehead atoms. The Morgan fingerprint density at radius 3 is 2.48 bits per heavy atom. The van der Waals surface area contributed by atoms with Crippen LogP contribution in [0.1, 0.15) is 12.8 Å². The number of amides is 2. The van der Waals surface area contributed by atoms with E-state index in [0.29, 0.717) is 43.8 Å². The first kappa shape index (κ1) is 21.0. The van der Waals surface area contributed by atoms with E-state index >= 15 is 0 Å². The van der Waals surface area contributed by atoms with Crippen molar-refractivity contribution in [1.82, 2.24) is 29.7 Å². The second-order valence-electron chi connectivity index (χ2n) is 7.97. The predicted molar refractivity (Wildman–Crippen MR) is 115 cm³/mol. The minimum atomic E-state index is -0.00892. The average Bonchev–Trinajstić information content (AvgIpc) is 2.76. The van der Waals surface area contributed by atoms with Crippen LogP contribution < -0.4 is 15.4 Å². The van der Waals surface area contributed by atoms with Gasteiger partial charge in [0.15, 0.2) is 0 Å². The Morgan fingerprint density at radius 2 is 1.84 bits per heavy atom. The van der Waals surface area contributed by atoms with Gasteiger partial charge in [0.1, 0.15) is 6.10 Å². The molecule has 3 heterocycles. The van der Waals surface area contributed by atoms with Gasteiger partial charge in [0.2, 0.25) is 17.8 Å². The highest BCUT2D eigenvalue weighted by Crippen LogP contribution is 2.31. The number of hydrogen-bond donors (Lipinski definition) is 1. The van der Waals surface area contributed by atoms with Crippen LogP contribution in [0.5, 0.6) is 5.88 Å². The quantitative estimate of drug-likeness (QED) is 0.739. The highest BCUT2D eigenvalue weighted by atomic mass is 16.5. The molecule has 2 aliphatic rings. The van der Waals surface area contributed by atoms with Crippen LogP contribution in [0, 0.1) is 0 Å². The topological polar surface area (TPSA) is 123 Å². The summed E-state index contributed by atoms with van der Waals surface area (Å²) in [5.41, 5.74) is 7.02. The third-order valence-electron chi connectivity index (χ3n) is 5.54. The molecular formula is C20H28N8O3. The number of ether oxygens (including phenoxy) is 2. The second kappa shape index (κ2) is 8.88. The standard InChI is InChI=1S/C20H28N8O3/c1-26(2)20(29)27(3)14-8-15(9-14)31-17-10-16(13-11-22-18(21)23-12-13)24-19(25-17)28-4-6-30-7-5-28/h10-12,14-15H,4-9H2,1-3H3,(H2,21,22,23). The van der Waals surface area contributed by atoms with E-state index in [1.165, 1.54) is 0 Å². The number of anilines is 2. The Balaban J connectivity index is 1.51. The van der Waals surface area contributed by atoms with Crippen molar-refractivity contribution in [3.8, 4) is 17.1 Å². The highest BCUT2D eigenvalue weighted by molar-refractivity contribution is 5.74. The van der Waals surface area contributed by atoms with E-state index in [-0.39, 0.29) is 24.1 Å². The van der Waals surface area contributed by atoms with E-state index in [2.05, 4.69) is 19.9 Å². The van der Waals surface area contributed by atoms with Gasteiger partial charge in [0.25, 0.3) is 0 Å². The second-order valence-corrected chi connectivity index (χ2v) is 7.97. The summed E-state index contributed by atoms with van der Waals surface area (Å²) in [5.74, 6) is 1.29. The van der Waals surface area contributed by atoms with Crippen molar-refractivity contribution in [3.63, 3.8) is 0 Å². The maximum absolute atomic E-state index is 12.1. The minimum Gasteiger partial charge on any atom is -0.474 e. The van der Waals surface area contributed by atoms with Gasteiger partial charge in [-0.15, -0.1) is 0 Å². The molecule has 2 N–H and O–H groups in total. The van der Waals surface area contributed by atoms with Crippen molar-refractivity contribution < 1.29 is 14.3 Å². The fourth-order valence-corrected chi connectivity index (χ4v) is 3.59. The molecule has 0 spiro atoms. The Hall–Kier alpha value is -3.21. The van der Waals surface area contributed by atoms with Crippen LogP contribution in [0.15, 0.2) is 18.5 Å². The summed E-state index contributed by atoms with van der Waals surface area (Å²) in [6.07, 6.45) is 4.78. The third kappa shape index (κ3) is 4.76. The molecule has 11 heteroatoms. The minimum absolute atomic E-state index is 0.00859. The molecule has 1 aliphatic heterocycles. The SMILES string of the molecule is CN(C)C(=O)N(C)C1CC(Oc2cc(-c3cnc(N)nc3)nc(N3CCOCC3)n2)C1. The molecule has 2 aromatic heterocycles. The fourth-order valence-electron chi connectivity index (χ4n) is 3.59. The maximum Gasteiger partial charge on any atom is 0.319 e. The van der Waals surface area contributed by atoms with Crippen molar-refractivity contribution in [2.45, 2.75) is 25.0 Å².